The van der Waals surface area contributed by atoms with Crippen LogP contribution >= 0.6 is 11.3 Å². The number of thiophene rings is 1. The number of amides is 2. The standard InChI is InChI=1S/C15H22N2O3S/c16-14(18)11-9-13(21-10-11)15(19)17-7-8-20-12-5-3-1-2-4-6-12/h9-10,12H,1-8H2,(H2,16,18)(H,17,19). The van der Waals surface area contributed by atoms with Crippen LogP contribution in [0.1, 0.15) is 58.6 Å². The van der Waals surface area contributed by atoms with Crippen LogP contribution in [0.15, 0.2) is 11.4 Å². The monoisotopic (exact) mass is 310 g/mol. The fourth-order valence-corrected chi connectivity index (χ4v) is 3.28. The van der Waals surface area contributed by atoms with Crippen molar-refractivity contribution in [3.05, 3.63) is 21.9 Å². The molecule has 1 heterocycles. The topological polar surface area (TPSA) is 81.4 Å². The van der Waals surface area contributed by atoms with E-state index in [1.807, 2.05) is 0 Å². The van der Waals surface area contributed by atoms with Crippen LogP contribution in [0.2, 0.25) is 0 Å². The van der Waals surface area contributed by atoms with Gasteiger partial charge in [0.05, 0.1) is 23.2 Å². The molecule has 3 N–H and O–H groups in total. The zero-order valence-corrected chi connectivity index (χ0v) is 12.9. The Balaban J connectivity index is 1.67. The second-order valence-corrected chi connectivity index (χ2v) is 6.22. The van der Waals surface area contributed by atoms with Gasteiger partial charge in [0, 0.05) is 11.9 Å². The molecule has 1 saturated carbocycles. The van der Waals surface area contributed by atoms with Gasteiger partial charge in [-0.15, -0.1) is 11.3 Å². The molecule has 116 valence electrons. The van der Waals surface area contributed by atoms with Crippen LogP contribution < -0.4 is 11.1 Å². The summed E-state index contributed by atoms with van der Waals surface area (Å²) in [6.45, 7) is 1.02. The van der Waals surface area contributed by atoms with Crippen molar-refractivity contribution in [2.75, 3.05) is 13.2 Å². The maximum atomic E-state index is 11.9. The molecule has 0 bridgehead atoms. The van der Waals surface area contributed by atoms with Crippen molar-refractivity contribution in [3.8, 4) is 0 Å². The smallest absolute Gasteiger partial charge is 0.261 e. The molecule has 0 unspecified atom stereocenters. The van der Waals surface area contributed by atoms with Gasteiger partial charge in [0.1, 0.15) is 0 Å². The third-order valence-electron chi connectivity index (χ3n) is 3.65. The molecule has 0 atom stereocenters. The molecular weight excluding hydrogens is 288 g/mol. The molecule has 1 aromatic heterocycles. The average molecular weight is 310 g/mol. The maximum Gasteiger partial charge on any atom is 0.261 e. The van der Waals surface area contributed by atoms with Gasteiger partial charge in [0.2, 0.25) is 5.91 Å². The van der Waals surface area contributed by atoms with Crippen LogP contribution in [0.4, 0.5) is 0 Å². The third-order valence-corrected chi connectivity index (χ3v) is 4.58. The second kappa shape index (κ2) is 8.14. The highest BCUT2D eigenvalue weighted by Gasteiger charge is 2.13. The number of ether oxygens (including phenoxy) is 1. The van der Waals surface area contributed by atoms with E-state index in [-0.39, 0.29) is 5.91 Å². The number of nitrogens with one attached hydrogen (secondary N) is 1. The largest absolute Gasteiger partial charge is 0.376 e. The Hall–Kier alpha value is -1.40. The van der Waals surface area contributed by atoms with Gasteiger partial charge in [0.25, 0.3) is 5.91 Å². The van der Waals surface area contributed by atoms with Gasteiger partial charge < -0.3 is 15.8 Å². The molecule has 1 aliphatic rings. The first-order chi connectivity index (χ1) is 10.2. The molecule has 0 aromatic carbocycles. The summed E-state index contributed by atoms with van der Waals surface area (Å²) < 4.78 is 5.81. The molecule has 0 radical (unpaired) electrons. The lowest BCUT2D eigenvalue weighted by atomic mass is 10.1. The summed E-state index contributed by atoms with van der Waals surface area (Å²) in [5.41, 5.74) is 5.54. The number of carbonyl (C=O) groups is 2. The molecule has 1 fully saturated rings. The summed E-state index contributed by atoms with van der Waals surface area (Å²) in [7, 11) is 0. The summed E-state index contributed by atoms with van der Waals surface area (Å²) in [4.78, 5) is 23.4. The summed E-state index contributed by atoms with van der Waals surface area (Å²) in [6.07, 6.45) is 7.67. The summed E-state index contributed by atoms with van der Waals surface area (Å²) >= 11 is 1.22. The highest BCUT2D eigenvalue weighted by atomic mass is 32.1. The number of nitrogens with two attached hydrogens (primary N) is 1. The van der Waals surface area contributed by atoms with Gasteiger partial charge in [0.15, 0.2) is 0 Å². The van der Waals surface area contributed by atoms with E-state index in [1.54, 1.807) is 5.38 Å². The van der Waals surface area contributed by atoms with Gasteiger partial charge in [-0.2, -0.15) is 0 Å². The lowest BCUT2D eigenvalue weighted by Crippen LogP contribution is -2.28. The van der Waals surface area contributed by atoms with Crippen LogP contribution in [0.25, 0.3) is 0 Å². The van der Waals surface area contributed by atoms with Crippen molar-refractivity contribution in [3.63, 3.8) is 0 Å². The lowest BCUT2D eigenvalue weighted by Gasteiger charge is -2.15. The van der Waals surface area contributed by atoms with Gasteiger partial charge in [-0.25, -0.2) is 0 Å². The minimum absolute atomic E-state index is 0.183. The molecule has 0 saturated heterocycles. The Morgan fingerprint density at radius 1 is 1.29 bits per heavy atom. The molecule has 2 rings (SSSR count). The van der Waals surface area contributed by atoms with Crippen molar-refractivity contribution < 1.29 is 14.3 Å². The predicted octanol–water partition coefficient (Wildman–Crippen LogP) is 2.32. The van der Waals surface area contributed by atoms with E-state index < -0.39 is 5.91 Å². The number of primary amides is 1. The molecule has 6 heteroatoms. The van der Waals surface area contributed by atoms with Gasteiger partial charge in [-0.3, -0.25) is 9.59 Å². The van der Waals surface area contributed by atoms with Crippen LogP contribution in [0.3, 0.4) is 0 Å². The molecule has 1 aliphatic carbocycles. The zero-order valence-electron chi connectivity index (χ0n) is 12.1. The Labute approximate surface area is 128 Å². The summed E-state index contributed by atoms with van der Waals surface area (Å²) in [5.74, 6) is -0.695. The summed E-state index contributed by atoms with van der Waals surface area (Å²) in [5, 5.41) is 4.40. The van der Waals surface area contributed by atoms with Gasteiger partial charge in [-0.05, 0) is 18.9 Å². The Bertz CT molecular complexity index is 479. The van der Waals surface area contributed by atoms with E-state index in [4.69, 9.17) is 10.5 Å². The van der Waals surface area contributed by atoms with Crippen LogP contribution in [0.5, 0.6) is 0 Å². The van der Waals surface area contributed by atoms with E-state index in [9.17, 15) is 9.59 Å². The number of hydrogen-bond donors (Lipinski definition) is 2. The SMILES string of the molecule is NC(=O)c1csc(C(=O)NCCOC2CCCCCC2)c1. The minimum Gasteiger partial charge on any atom is -0.376 e. The number of rotatable bonds is 6. The molecule has 0 spiro atoms. The highest BCUT2D eigenvalue weighted by Crippen LogP contribution is 2.19. The Morgan fingerprint density at radius 3 is 2.62 bits per heavy atom. The molecule has 5 nitrogen and oxygen atoms in total. The highest BCUT2D eigenvalue weighted by molar-refractivity contribution is 7.12. The summed E-state index contributed by atoms with van der Waals surface area (Å²) in [6, 6.07) is 1.52. The lowest BCUT2D eigenvalue weighted by molar-refractivity contribution is 0.0442. The van der Waals surface area contributed by atoms with E-state index in [0.717, 1.165) is 12.8 Å². The second-order valence-electron chi connectivity index (χ2n) is 5.30. The van der Waals surface area contributed by atoms with Crippen LogP contribution in [-0.2, 0) is 4.74 Å². The van der Waals surface area contributed by atoms with Crippen molar-refractivity contribution in [2.45, 2.75) is 44.6 Å². The van der Waals surface area contributed by atoms with Crippen molar-refractivity contribution in [2.24, 2.45) is 5.73 Å². The number of hydrogen-bond acceptors (Lipinski definition) is 4. The van der Waals surface area contributed by atoms with Crippen molar-refractivity contribution >= 4 is 23.2 Å². The number of carbonyl (C=O) groups excluding carboxylic acids is 2. The zero-order chi connectivity index (χ0) is 15.1. The molecule has 21 heavy (non-hydrogen) atoms. The molecule has 0 aliphatic heterocycles. The maximum absolute atomic E-state index is 11.9. The van der Waals surface area contributed by atoms with E-state index in [2.05, 4.69) is 5.32 Å². The molecule has 1 aromatic rings. The minimum atomic E-state index is -0.512. The quantitative estimate of drug-likeness (QED) is 0.625. The third kappa shape index (κ3) is 5.13. The van der Waals surface area contributed by atoms with Crippen LogP contribution in [-0.4, -0.2) is 31.1 Å². The van der Waals surface area contributed by atoms with Crippen molar-refractivity contribution in [1.29, 1.82) is 0 Å². The Kier molecular flexibility index (Phi) is 6.20. The first-order valence-corrected chi connectivity index (χ1v) is 8.33. The normalized spacial score (nSPS) is 16.4. The average Bonchev–Trinajstić information content (AvgIpc) is 2.82. The van der Waals surface area contributed by atoms with Gasteiger partial charge >= 0.3 is 0 Å². The van der Waals surface area contributed by atoms with Crippen molar-refractivity contribution in [1.82, 2.24) is 5.32 Å². The molecule has 2 amide bonds. The van der Waals surface area contributed by atoms with Gasteiger partial charge in [-0.1, -0.05) is 25.7 Å². The predicted molar refractivity (Wildman–Crippen MR) is 82.6 cm³/mol. The fraction of sp³-hybridized carbons (Fsp3) is 0.600. The van der Waals surface area contributed by atoms with E-state index in [0.29, 0.717) is 29.7 Å². The first-order valence-electron chi connectivity index (χ1n) is 7.45. The van der Waals surface area contributed by atoms with E-state index >= 15 is 0 Å². The Morgan fingerprint density at radius 2 is 2.00 bits per heavy atom. The van der Waals surface area contributed by atoms with E-state index in [1.165, 1.54) is 43.1 Å². The molecular formula is C15H22N2O3S. The fourth-order valence-electron chi connectivity index (χ4n) is 2.47. The van der Waals surface area contributed by atoms with Crippen LogP contribution in [0, 0.1) is 0 Å². The first kappa shape index (κ1) is 16.0.